The zero-order valence-electron chi connectivity index (χ0n) is 11.1. The number of morpholine rings is 1. The molecule has 1 atom stereocenters. The summed E-state index contributed by atoms with van der Waals surface area (Å²) in [6.07, 6.45) is 0. The van der Waals surface area contributed by atoms with Crippen molar-refractivity contribution in [3.05, 3.63) is 21.4 Å². The average molecular weight is 269 g/mol. The fourth-order valence-corrected chi connectivity index (χ4v) is 3.44. The van der Waals surface area contributed by atoms with Crippen LogP contribution in [-0.2, 0) is 9.47 Å². The lowest BCUT2D eigenvalue weighted by atomic mass is 10.1. The van der Waals surface area contributed by atoms with Gasteiger partial charge in [-0.25, -0.2) is 4.79 Å². The van der Waals surface area contributed by atoms with Gasteiger partial charge in [0.15, 0.2) is 0 Å². The second-order valence-corrected chi connectivity index (χ2v) is 5.37. The van der Waals surface area contributed by atoms with E-state index in [0.717, 1.165) is 31.9 Å². The van der Waals surface area contributed by atoms with Crippen molar-refractivity contribution in [1.29, 1.82) is 0 Å². The van der Waals surface area contributed by atoms with Crippen LogP contribution in [0, 0.1) is 6.92 Å². The molecule has 5 heteroatoms. The molecule has 1 aromatic heterocycles. The van der Waals surface area contributed by atoms with Gasteiger partial charge in [-0.2, -0.15) is 0 Å². The largest absolute Gasteiger partial charge is 0.465 e. The summed E-state index contributed by atoms with van der Waals surface area (Å²) in [5.74, 6) is -0.246. The van der Waals surface area contributed by atoms with E-state index < -0.39 is 0 Å². The fraction of sp³-hybridized carbons (Fsp3) is 0.615. The molecule has 18 heavy (non-hydrogen) atoms. The summed E-state index contributed by atoms with van der Waals surface area (Å²) in [6, 6.07) is 0.331. The van der Waals surface area contributed by atoms with Gasteiger partial charge in [0.25, 0.3) is 0 Å². The van der Waals surface area contributed by atoms with E-state index in [-0.39, 0.29) is 5.97 Å². The molecule has 0 aliphatic carbocycles. The maximum Gasteiger partial charge on any atom is 0.338 e. The third-order valence-corrected chi connectivity index (χ3v) is 4.71. The fourth-order valence-electron chi connectivity index (χ4n) is 2.29. The summed E-state index contributed by atoms with van der Waals surface area (Å²) in [5, 5.41) is 1.90. The molecular weight excluding hydrogens is 250 g/mol. The molecule has 1 aromatic rings. The summed E-state index contributed by atoms with van der Waals surface area (Å²) >= 11 is 1.64. The number of carbonyl (C=O) groups excluding carboxylic acids is 1. The smallest absolute Gasteiger partial charge is 0.338 e. The number of ether oxygens (including phenoxy) is 2. The Labute approximate surface area is 111 Å². The zero-order chi connectivity index (χ0) is 13.1. The number of rotatable bonds is 3. The Kier molecular flexibility index (Phi) is 4.37. The van der Waals surface area contributed by atoms with Crippen molar-refractivity contribution < 1.29 is 14.3 Å². The third-order valence-electron chi connectivity index (χ3n) is 3.46. The van der Waals surface area contributed by atoms with Crippen molar-refractivity contribution in [2.75, 3.05) is 33.4 Å². The molecule has 0 radical (unpaired) electrons. The molecule has 1 aliphatic rings. The quantitative estimate of drug-likeness (QED) is 0.789. The minimum Gasteiger partial charge on any atom is -0.465 e. The van der Waals surface area contributed by atoms with Crippen LogP contribution in [0.25, 0.3) is 0 Å². The molecular formula is C13H19NO3S. The number of methoxy groups -OCH3 is 1. The van der Waals surface area contributed by atoms with E-state index in [1.165, 1.54) is 12.0 Å². The van der Waals surface area contributed by atoms with Gasteiger partial charge in [-0.15, -0.1) is 11.3 Å². The Morgan fingerprint density at radius 1 is 1.50 bits per heavy atom. The van der Waals surface area contributed by atoms with E-state index in [9.17, 15) is 4.79 Å². The van der Waals surface area contributed by atoms with Gasteiger partial charge in [0, 0.05) is 29.4 Å². The summed E-state index contributed by atoms with van der Waals surface area (Å²) in [6.45, 7) is 7.66. The number of carbonyl (C=O) groups is 1. The molecule has 1 aliphatic heterocycles. The van der Waals surface area contributed by atoms with Crippen LogP contribution in [0.4, 0.5) is 0 Å². The summed E-state index contributed by atoms with van der Waals surface area (Å²) in [5.41, 5.74) is 1.74. The number of nitrogens with zero attached hydrogens (tertiary/aromatic N) is 1. The molecule has 1 unspecified atom stereocenters. The van der Waals surface area contributed by atoms with Crippen molar-refractivity contribution in [2.24, 2.45) is 0 Å². The van der Waals surface area contributed by atoms with Crippen molar-refractivity contribution >= 4 is 17.3 Å². The van der Waals surface area contributed by atoms with E-state index in [0.29, 0.717) is 11.6 Å². The van der Waals surface area contributed by atoms with E-state index in [4.69, 9.17) is 9.47 Å². The Morgan fingerprint density at radius 3 is 2.78 bits per heavy atom. The predicted molar refractivity (Wildman–Crippen MR) is 71.2 cm³/mol. The Hall–Kier alpha value is -0.910. The normalized spacial score (nSPS) is 18.6. The minimum absolute atomic E-state index is 0.246. The van der Waals surface area contributed by atoms with Crippen molar-refractivity contribution in [3.63, 3.8) is 0 Å². The molecule has 0 spiro atoms. The molecule has 0 bridgehead atoms. The lowest BCUT2D eigenvalue weighted by Crippen LogP contribution is -2.37. The highest BCUT2D eigenvalue weighted by Gasteiger charge is 2.24. The standard InChI is InChI=1S/C13H19NO3S/c1-9-11(13(15)16-3)8-18-12(9)10(2)14-4-6-17-7-5-14/h8,10H,4-7H2,1-3H3. The van der Waals surface area contributed by atoms with Crippen LogP contribution in [-0.4, -0.2) is 44.3 Å². The first-order valence-electron chi connectivity index (χ1n) is 6.13. The van der Waals surface area contributed by atoms with E-state index in [1.54, 1.807) is 11.3 Å². The summed E-state index contributed by atoms with van der Waals surface area (Å²) in [7, 11) is 1.42. The second kappa shape index (κ2) is 5.82. The van der Waals surface area contributed by atoms with Gasteiger partial charge < -0.3 is 9.47 Å². The molecule has 2 heterocycles. The maximum atomic E-state index is 11.6. The Bertz CT molecular complexity index is 424. The molecule has 0 saturated carbocycles. The molecule has 1 saturated heterocycles. The van der Waals surface area contributed by atoms with E-state index in [2.05, 4.69) is 11.8 Å². The third kappa shape index (κ3) is 2.58. The van der Waals surface area contributed by atoms with Crippen LogP contribution in [0.2, 0.25) is 0 Å². The maximum absolute atomic E-state index is 11.6. The number of hydrogen-bond acceptors (Lipinski definition) is 5. The van der Waals surface area contributed by atoms with E-state index in [1.807, 2.05) is 12.3 Å². The van der Waals surface area contributed by atoms with Crippen LogP contribution in [0.15, 0.2) is 5.38 Å². The van der Waals surface area contributed by atoms with Gasteiger partial charge in [0.05, 0.1) is 25.9 Å². The predicted octanol–water partition coefficient (Wildman–Crippen LogP) is 2.24. The van der Waals surface area contributed by atoms with Crippen LogP contribution in [0.5, 0.6) is 0 Å². The Balaban J connectivity index is 2.17. The van der Waals surface area contributed by atoms with Gasteiger partial charge in [-0.1, -0.05) is 0 Å². The minimum atomic E-state index is -0.246. The van der Waals surface area contributed by atoms with Crippen LogP contribution in [0.3, 0.4) is 0 Å². The van der Waals surface area contributed by atoms with Crippen molar-refractivity contribution in [2.45, 2.75) is 19.9 Å². The topological polar surface area (TPSA) is 38.8 Å². The zero-order valence-corrected chi connectivity index (χ0v) is 11.9. The highest BCUT2D eigenvalue weighted by Crippen LogP contribution is 2.32. The molecule has 100 valence electrons. The van der Waals surface area contributed by atoms with Gasteiger partial charge in [-0.3, -0.25) is 4.90 Å². The molecule has 0 aromatic carbocycles. The van der Waals surface area contributed by atoms with Crippen molar-refractivity contribution in [3.8, 4) is 0 Å². The summed E-state index contributed by atoms with van der Waals surface area (Å²) < 4.78 is 10.2. The van der Waals surface area contributed by atoms with Crippen molar-refractivity contribution in [1.82, 2.24) is 4.90 Å². The van der Waals surface area contributed by atoms with Gasteiger partial charge in [0.1, 0.15) is 0 Å². The van der Waals surface area contributed by atoms with Gasteiger partial charge >= 0.3 is 5.97 Å². The second-order valence-electron chi connectivity index (χ2n) is 4.45. The van der Waals surface area contributed by atoms with E-state index >= 15 is 0 Å². The lowest BCUT2D eigenvalue weighted by molar-refractivity contribution is 0.0204. The molecule has 0 amide bonds. The summed E-state index contributed by atoms with van der Waals surface area (Å²) in [4.78, 5) is 15.2. The van der Waals surface area contributed by atoms with Crippen LogP contribution >= 0.6 is 11.3 Å². The first-order chi connectivity index (χ1) is 8.65. The van der Waals surface area contributed by atoms with Gasteiger partial charge in [-0.05, 0) is 19.4 Å². The number of hydrogen-bond donors (Lipinski definition) is 0. The molecule has 1 fully saturated rings. The molecule has 2 rings (SSSR count). The Morgan fingerprint density at radius 2 is 2.17 bits per heavy atom. The van der Waals surface area contributed by atoms with Gasteiger partial charge in [0.2, 0.25) is 0 Å². The SMILES string of the molecule is COC(=O)c1csc(C(C)N2CCOCC2)c1C. The highest BCUT2D eigenvalue weighted by atomic mass is 32.1. The lowest BCUT2D eigenvalue weighted by Gasteiger charge is -2.32. The first-order valence-corrected chi connectivity index (χ1v) is 7.01. The number of esters is 1. The van der Waals surface area contributed by atoms with Crippen LogP contribution in [0.1, 0.15) is 33.8 Å². The highest BCUT2D eigenvalue weighted by molar-refractivity contribution is 7.10. The van der Waals surface area contributed by atoms with Crippen LogP contribution < -0.4 is 0 Å². The average Bonchev–Trinajstić information content (AvgIpc) is 2.80. The monoisotopic (exact) mass is 269 g/mol. The molecule has 4 nitrogen and oxygen atoms in total. The number of thiophene rings is 1. The molecule has 0 N–H and O–H groups in total. The first kappa shape index (κ1) is 13.5.